The molecule has 1 heterocycles. The molecule has 7 nitrogen and oxygen atoms in total. The number of benzene rings is 2. The highest BCUT2D eigenvalue weighted by Gasteiger charge is 2.28. The molecule has 0 unspecified atom stereocenters. The molecule has 0 amide bonds. The minimum Gasteiger partial charge on any atom is -0.618 e. The number of carboxylic acids is 1. The monoisotopic (exact) mass is 350 g/mol. The van der Waals surface area contributed by atoms with Gasteiger partial charge in [-0.1, -0.05) is 30.3 Å². The fraction of sp³-hybridized carbons (Fsp3) is 0.0526. The Morgan fingerprint density at radius 1 is 0.962 bits per heavy atom. The minimum absolute atomic E-state index is 0.00887. The van der Waals surface area contributed by atoms with Crippen molar-refractivity contribution in [1.82, 2.24) is 0 Å². The number of rotatable bonds is 4. The Kier molecular flexibility index (Phi) is 4.36. The zero-order valence-corrected chi connectivity index (χ0v) is 13.7. The van der Waals surface area contributed by atoms with E-state index in [-0.39, 0.29) is 28.0 Å². The van der Waals surface area contributed by atoms with Crippen LogP contribution in [0.1, 0.15) is 32.1 Å². The second-order valence-electron chi connectivity index (χ2n) is 5.64. The molecule has 0 aliphatic rings. The lowest BCUT2D eigenvalue weighted by molar-refractivity contribution is -0.635. The summed E-state index contributed by atoms with van der Waals surface area (Å²) in [7, 11) is 0. The number of para-hydroxylation sites is 2. The van der Waals surface area contributed by atoms with E-state index < -0.39 is 11.8 Å². The number of hydrogen-bond acceptors (Lipinski definition) is 4. The minimum atomic E-state index is -1.05. The predicted octanol–water partition coefficient (Wildman–Crippen LogP) is 2.01. The largest absolute Gasteiger partial charge is 0.618 e. The van der Waals surface area contributed by atoms with Crippen LogP contribution in [0.2, 0.25) is 0 Å². The van der Waals surface area contributed by atoms with Crippen molar-refractivity contribution >= 4 is 28.9 Å². The Labute approximate surface area is 148 Å². The molecule has 0 aliphatic heterocycles. The van der Waals surface area contributed by atoms with Gasteiger partial charge in [-0.15, -0.1) is 0 Å². The van der Waals surface area contributed by atoms with Crippen LogP contribution >= 0.6 is 0 Å². The van der Waals surface area contributed by atoms with Crippen LogP contribution < -0.4 is 9.46 Å². The van der Waals surface area contributed by atoms with Crippen LogP contribution in [0.3, 0.4) is 0 Å². The number of carbonyl (C=O) groups is 2. The average Bonchev–Trinajstić information content (AvgIpc) is 2.65. The van der Waals surface area contributed by atoms with Crippen molar-refractivity contribution in [3.05, 3.63) is 87.5 Å². The molecule has 26 heavy (non-hydrogen) atoms. The highest BCUT2D eigenvalue weighted by molar-refractivity contribution is 6.05. The summed E-state index contributed by atoms with van der Waals surface area (Å²) in [6.07, 6.45) is 2.64. The van der Waals surface area contributed by atoms with Crippen LogP contribution in [0, 0.1) is 17.3 Å². The third-order valence-corrected chi connectivity index (χ3v) is 3.99. The van der Waals surface area contributed by atoms with Crippen LogP contribution in [0.5, 0.6) is 0 Å². The summed E-state index contributed by atoms with van der Waals surface area (Å²) in [4.78, 5) is 23.3. The smallest absolute Gasteiger partial charge is 0.335 e. The van der Waals surface area contributed by atoms with Crippen molar-refractivity contribution in [2.45, 2.75) is 6.92 Å². The number of aromatic nitrogens is 2. The van der Waals surface area contributed by atoms with Gasteiger partial charge in [-0.25, -0.2) is 4.79 Å². The van der Waals surface area contributed by atoms with Gasteiger partial charge in [0.15, 0.2) is 0 Å². The number of hydrogen-bond donors (Lipinski definition) is 1. The molecule has 1 N–H and O–H groups in total. The van der Waals surface area contributed by atoms with E-state index in [9.17, 15) is 20.0 Å². The molecule has 0 saturated heterocycles. The number of aromatic carboxylic acids is 1. The lowest BCUT2D eigenvalue weighted by Crippen LogP contribution is -2.46. The number of allylic oxidation sites excluding steroid dienone is 1. The van der Waals surface area contributed by atoms with Gasteiger partial charge in [-0.3, -0.25) is 4.79 Å². The van der Waals surface area contributed by atoms with E-state index >= 15 is 0 Å². The summed E-state index contributed by atoms with van der Waals surface area (Å²) in [6.45, 7) is 1.41. The molecule has 0 radical (unpaired) electrons. The molecule has 0 fully saturated rings. The number of carbonyl (C=O) groups excluding carboxylic acids is 1. The van der Waals surface area contributed by atoms with E-state index in [4.69, 9.17) is 5.11 Å². The maximum atomic E-state index is 12.5. The normalized spacial score (nSPS) is 11.1. The molecule has 0 bridgehead atoms. The predicted molar refractivity (Wildman–Crippen MR) is 93.4 cm³/mol. The molecule has 0 aliphatic carbocycles. The van der Waals surface area contributed by atoms with Crippen LogP contribution in [0.25, 0.3) is 17.1 Å². The van der Waals surface area contributed by atoms with Crippen molar-refractivity contribution in [2.75, 3.05) is 0 Å². The van der Waals surface area contributed by atoms with Crippen LogP contribution in [0.15, 0.2) is 54.6 Å². The first-order valence-electron chi connectivity index (χ1n) is 7.70. The first-order valence-corrected chi connectivity index (χ1v) is 7.70. The quantitative estimate of drug-likeness (QED) is 0.335. The van der Waals surface area contributed by atoms with Crippen molar-refractivity contribution in [3.63, 3.8) is 0 Å². The summed E-state index contributed by atoms with van der Waals surface area (Å²) in [5, 5.41) is 33.7. The van der Waals surface area contributed by atoms with Gasteiger partial charge in [0.05, 0.1) is 5.56 Å². The van der Waals surface area contributed by atoms with Crippen molar-refractivity contribution in [2.24, 2.45) is 0 Å². The van der Waals surface area contributed by atoms with E-state index in [0.717, 1.165) is 0 Å². The number of fused-ring (bicyclic) bond motifs is 1. The lowest BCUT2D eigenvalue weighted by atomic mass is 10.1. The maximum absolute atomic E-state index is 12.5. The summed E-state index contributed by atoms with van der Waals surface area (Å²) in [5.41, 5.74) is 0.769. The molecule has 2 aromatic carbocycles. The Balaban J connectivity index is 1.98. The maximum Gasteiger partial charge on any atom is 0.335 e. The highest BCUT2D eigenvalue weighted by Crippen LogP contribution is 2.11. The standard InChI is InChI=1S/C19H14N2O5/c1-12-18(21(26)16-5-3-2-4-15(16)20(12)25)17(22)11-8-13-6-9-14(10-7-13)19(23)24/h2-11H,1H3,(H,23,24). The van der Waals surface area contributed by atoms with Gasteiger partial charge in [0.1, 0.15) is 0 Å². The number of nitrogens with zero attached hydrogens (tertiary/aromatic N) is 2. The third kappa shape index (κ3) is 2.98. The Bertz CT molecular complexity index is 1060. The van der Waals surface area contributed by atoms with Crippen LogP contribution in [-0.2, 0) is 0 Å². The van der Waals surface area contributed by atoms with Gasteiger partial charge in [0, 0.05) is 19.1 Å². The fourth-order valence-electron chi connectivity index (χ4n) is 2.62. The first-order chi connectivity index (χ1) is 12.4. The molecule has 0 spiro atoms. The molecule has 130 valence electrons. The zero-order valence-electron chi connectivity index (χ0n) is 13.7. The topological polar surface area (TPSA) is 108 Å². The fourth-order valence-corrected chi connectivity index (χ4v) is 2.62. The molecular formula is C19H14N2O5. The van der Waals surface area contributed by atoms with Gasteiger partial charge in [-0.2, -0.15) is 9.46 Å². The van der Waals surface area contributed by atoms with Crippen LogP contribution in [-0.4, -0.2) is 16.9 Å². The van der Waals surface area contributed by atoms with E-state index in [1.165, 1.54) is 43.3 Å². The summed E-state index contributed by atoms with van der Waals surface area (Å²) in [6, 6.07) is 12.1. The van der Waals surface area contributed by atoms with E-state index in [1.807, 2.05) is 0 Å². The van der Waals surface area contributed by atoms with Gasteiger partial charge in [0.2, 0.25) is 0 Å². The molecule has 1 aromatic heterocycles. The Morgan fingerprint density at radius 2 is 1.54 bits per heavy atom. The van der Waals surface area contributed by atoms with Gasteiger partial charge in [-0.05, 0) is 23.8 Å². The van der Waals surface area contributed by atoms with Gasteiger partial charge in [0.25, 0.3) is 22.5 Å². The second kappa shape index (κ2) is 6.64. The molecule has 3 aromatic rings. The third-order valence-electron chi connectivity index (χ3n) is 3.99. The molecular weight excluding hydrogens is 336 g/mol. The van der Waals surface area contributed by atoms with Crippen molar-refractivity contribution in [1.29, 1.82) is 0 Å². The van der Waals surface area contributed by atoms with E-state index in [0.29, 0.717) is 15.0 Å². The first kappa shape index (κ1) is 17.1. The summed E-state index contributed by atoms with van der Waals surface area (Å²) >= 11 is 0. The molecule has 7 heteroatoms. The Hall–Kier alpha value is -3.74. The highest BCUT2D eigenvalue weighted by atomic mass is 16.5. The van der Waals surface area contributed by atoms with Crippen molar-refractivity contribution < 1.29 is 24.2 Å². The zero-order chi connectivity index (χ0) is 18.8. The summed E-state index contributed by atoms with van der Waals surface area (Å²) < 4.78 is 1.02. The van der Waals surface area contributed by atoms with Crippen molar-refractivity contribution in [3.8, 4) is 0 Å². The van der Waals surface area contributed by atoms with E-state index in [2.05, 4.69) is 0 Å². The van der Waals surface area contributed by atoms with Gasteiger partial charge >= 0.3 is 11.7 Å². The molecule has 0 saturated carbocycles. The second-order valence-corrected chi connectivity index (χ2v) is 5.64. The molecule has 0 atom stereocenters. The SMILES string of the molecule is Cc1c(C(=O)C=Cc2ccc(C(=O)O)cc2)[n+]([O-])c2ccccc2[n+]1[O-]. The number of ketones is 1. The van der Waals surface area contributed by atoms with Crippen LogP contribution in [0.4, 0.5) is 0 Å². The van der Waals surface area contributed by atoms with E-state index in [1.54, 1.807) is 24.3 Å². The lowest BCUT2D eigenvalue weighted by Gasteiger charge is -2.09. The Morgan fingerprint density at radius 3 is 2.12 bits per heavy atom. The molecule has 3 rings (SSSR count). The summed E-state index contributed by atoms with van der Waals surface area (Å²) in [5.74, 6) is -1.66. The average molecular weight is 350 g/mol. The number of carboxylic acid groups (broad SMARTS) is 1. The van der Waals surface area contributed by atoms with Gasteiger partial charge < -0.3 is 15.5 Å².